The minimum absolute atomic E-state index is 0.0333. The molecule has 0 radical (unpaired) electrons. The van der Waals surface area contributed by atoms with Gasteiger partial charge in [0.25, 0.3) is 0 Å². The summed E-state index contributed by atoms with van der Waals surface area (Å²) in [5.41, 5.74) is 18.3. The van der Waals surface area contributed by atoms with Crippen LogP contribution in [0.2, 0.25) is 0 Å². The van der Waals surface area contributed by atoms with Crippen molar-refractivity contribution >= 4 is 52.3 Å². The zero-order valence-electron chi connectivity index (χ0n) is 23.2. The normalized spacial score (nSPS) is 14.0. The smallest absolute Gasteiger partial charge is 0.326 e. The minimum Gasteiger partial charge on any atom is -0.480 e. The van der Waals surface area contributed by atoms with Crippen molar-refractivity contribution in [2.75, 3.05) is 18.6 Å². The first-order valence-corrected chi connectivity index (χ1v) is 14.9. The number of H-pyrrole nitrogens is 1. The van der Waals surface area contributed by atoms with Crippen LogP contribution in [0.5, 0.6) is 0 Å². The first-order chi connectivity index (χ1) is 19.6. The van der Waals surface area contributed by atoms with E-state index >= 15 is 0 Å². The van der Waals surface area contributed by atoms with Gasteiger partial charge in [-0.25, -0.2) is 4.79 Å². The Morgan fingerprint density at radius 3 is 2.24 bits per heavy atom. The zero-order chi connectivity index (χ0) is 30.4. The number of nitrogens with two attached hydrogens (primary N) is 3. The summed E-state index contributed by atoms with van der Waals surface area (Å²) >= 11 is 1.44. The molecule has 1 heterocycles. The molecule has 2 rings (SSSR count). The topological polar surface area (TPSA) is 236 Å². The van der Waals surface area contributed by atoms with E-state index in [1.54, 1.807) is 6.20 Å². The number of carbonyl (C=O) groups excluding carboxylic acids is 4. The molecule has 1 aromatic carbocycles. The SMILES string of the molecule is CSCCC(NC(=O)C(Cc1c[nH]c2ccccc12)NC(=O)C(CCC(N)=O)NC(=O)C(N)CCCCN)C(=O)O. The number of carboxylic acids is 1. The molecule has 4 atom stereocenters. The predicted molar refractivity (Wildman–Crippen MR) is 158 cm³/mol. The summed E-state index contributed by atoms with van der Waals surface area (Å²) in [5.74, 6) is -3.38. The van der Waals surface area contributed by atoms with Crippen LogP contribution in [0.1, 0.15) is 44.1 Å². The number of thioether (sulfide) groups is 1. The molecule has 4 unspecified atom stereocenters. The number of carboxylic acid groups (broad SMARTS) is 1. The Bertz CT molecular complexity index is 1190. The maximum Gasteiger partial charge on any atom is 0.326 e. The molecule has 0 fully saturated rings. The standard InChI is InChI=1S/C27H41N7O6S/c1-41-13-11-21(27(39)40)33-26(38)22(14-16-15-31-19-8-3-2-6-17(16)19)34-25(37)20(9-10-23(30)35)32-24(36)18(29)7-4-5-12-28/h2-3,6,8,15,18,20-22,31H,4-5,7,9-14,28-29H2,1H3,(H2,30,35)(H,32,36)(H,33,38)(H,34,37)(H,39,40). The number of fused-ring (bicyclic) bond motifs is 1. The number of benzene rings is 1. The van der Waals surface area contributed by atoms with Gasteiger partial charge in [-0.2, -0.15) is 11.8 Å². The third-order valence-electron chi connectivity index (χ3n) is 6.58. The lowest BCUT2D eigenvalue weighted by atomic mass is 10.0. The van der Waals surface area contributed by atoms with Gasteiger partial charge in [0.15, 0.2) is 0 Å². The highest BCUT2D eigenvalue weighted by atomic mass is 32.2. The van der Waals surface area contributed by atoms with Crippen molar-refractivity contribution in [1.29, 1.82) is 0 Å². The predicted octanol–water partition coefficient (Wildman–Crippen LogP) is -0.276. The van der Waals surface area contributed by atoms with Crippen LogP contribution >= 0.6 is 11.8 Å². The molecule has 0 aliphatic heterocycles. The monoisotopic (exact) mass is 591 g/mol. The molecule has 4 amide bonds. The second-order valence-corrected chi connectivity index (χ2v) is 10.7. The maximum absolute atomic E-state index is 13.4. The van der Waals surface area contributed by atoms with E-state index in [9.17, 15) is 29.1 Å². The van der Waals surface area contributed by atoms with Crippen molar-refractivity contribution < 1.29 is 29.1 Å². The second-order valence-electron chi connectivity index (χ2n) is 9.76. The van der Waals surface area contributed by atoms with Crippen molar-refractivity contribution in [3.63, 3.8) is 0 Å². The Morgan fingerprint density at radius 2 is 1.59 bits per heavy atom. The van der Waals surface area contributed by atoms with E-state index in [0.29, 0.717) is 31.6 Å². The van der Waals surface area contributed by atoms with Gasteiger partial charge in [-0.3, -0.25) is 19.2 Å². The summed E-state index contributed by atoms with van der Waals surface area (Å²) in [4.78, 5) is 65.9. The molecule has 2 aromatic rings. The fraction of sp³-hybridized carbons (Fsp3) is 0.519. The number of unbranched alkanes of at least 4 members (excludes halogenated alkanes) is 1. The van der Waals surface area contributed by atoms with Gasteiger partial charge in [-0.15, -0.1) is 0 Å². The van der Waals surface area contributed by atoms with E-state index in [1.807, 2.05) is 30.5 Å². The Morgan fingerprint density at radius 1 is 0.927 bits per heavy atom. The van der Waals surface area contributed by atoms with Crippen LogP contribution < -0.4 is 33.2 Å². The Kier molecular flexibility index (Phi) is 14.1. The molecule has 0 aliphatic carbocycles. The van der Waals surface area contributed by atoms with Crippen LogP contribution in [-0.4, -0.2) is 82.4 Å². The van der Waals surface area contributed by atoms with E-state index in [2.05, 4.69) is 20.9 Å². The van der Waals surface area contributed by atoms with E-state index in [-0.39, 0.29) is 25.7 Å². The van der Waals surface area contributed by atoms with Crippen LogP contribution in [0.15, 0.2) is 30.5 Å². The number of primary amides is 1. The summed E-state index contributed by atoms with van der Waals surface area (Å²) in [6, 6.07) is 2.95. The summed E-state index contributed by atoms with van der Waals surface area (Å²) in [6.07, 6.45) is 5.11. The number of aromatic amines is 1. The number of para-hydroxylation sites is 1. The number of aromatic nitrogens is 1. The molecular weight excluding hydrogens is 550 g/mol. The molecule has 0 saturated heterocycles. The Hall–Kier alpha value is -3.62. The molecule has 14 heteroatoms. The van der Waals surface area contributed by atoms with Crippen LogP contribution in [0.3, 0.4) is 0 Å². The van der Waals surface area contributed by atoms with E-state index in [4.69, 9.17) is 17.2 Å². The van der Waals surface area contributed by atoms with Gasteiger partial charge in [0.1, 0.15) is 18.1 Å². The molecule has 226 valence electrons. The van der Waals surface area contributed by atoms with Crippen LogP contribution in [0, 0.1) is 0 Å². The number of rotatable bonds is 19. The fourth-order valence-corrected chi connectivity index (χ4v) is 4.71. The molecule has 13 nitrogen and oxygen atoms in total. The van der Waals surface area contributed by atoms with Gasteiger partial charge in [-0.1, -0.05) is 24.6 Å². The van der Waals surface area contributed by atoms with Gasteiger partial charge < -0.3 is 43.2 Å². The highest BCUT2D eigenvalue weighted by molar-refractivity contribution is 7.98. The number of aliphatic carboxylic acids is 1. The van der Waals surface area contributed by atoms with Crippen molar-refractivity contribution in [3.05, 3.63) is 36.0 Å². The van der Waals surface area contributed by atoms with Gasteiger partial charge in [0.05, 0.1) is 6.04 Å². The molecule has 0 bridgehead atoms. The molecular formula is C27H41N7O6S. The summed E-state index contributed by atoms with van der Waals surface area (Å²) < 4.78 is 0. The molecule has 0 saturated carbocycles. The third-order valence-corrected chi connectivity index (χ3v) is 7.22. The van der Waals surface area contributed by atoms with Gasteiger partial charge in [-0.05, 0) is 55.9 Å². The van der Waals surface area contributed by atoms with E-state index in [0.717, 1.165) is 16.5 Å². The maximum atomic E-state index is 13.4. The summed E-state index contributed by atoms with van der Waals surface area (Å²) in [5, 5.41) is 18.2. The Balaban J connectivity index is 2.29. The fourth-order valence-electron chi connectivity index (χ4n) is 4.24. The molecule has 0 spiro atoms. The van der Waals surface area contributed by atoms with Crippen LogP contribution in [-0.2, 0) is 30.4 Å². The highest BCUT2D eigenvalue weighted by Crippen LogP contribution is 2.19. The minimum atomic E-state index is -1.21. The van der Waals surface area contributed by atoms with Crippen molar-refractivity contribution in [2.24, 2.45) is 17.2 Å². The number of amides is 4. The Labute approximate surface area is 243 Å². The largest absolute Gasteiger partial charge is 0.480 e. The summed E-state index contributed by atoms with van der Waals surface area (Å²) in [6.45, 7) is 0.456. The molecule has 0 aliphatic rings. The van der Waals surface area contributed by atoms with Gasteiger partial charge >= 0.3 is 5.97 Å². The average Bonchev–Trinajstić information content (AvgIpc) is 3.35. The first kappa shape index (κ1) is 33.6. The van der Waals surface area contributed by atoms with Crippen molar-refractivity contribution in [3.8, 4) is 0 Å². The molecule has 1 aromatic heterocycles. The number of hydrogen-bond donors (Lipinski definition) is 8. The first-order valence-electron chi connectivity index (χ1n) is 13.5. The van der Waals surface area contributed by atoms with Crippen LogP contribution in [0.4, 0.5) is 0 Å². The number of nitrogens with one attached hydrogen (secondary N) is 4. The number of hydrogen-bond acceptors (Lipinski definition) is 8. The third kappa shape index (κ3) is 11.1. The molecule has 11 N–H and O–H groups in total. The van der Waals surface area contributed by atoms with Gasteiger partial charge in [0.2, 0.25) is 23.6 Å². The summed E-state index contributed by atoms with van der Waals surface area (Å²) in [7, 11) is 0. The zero-order valence-corrected chi connectivity index (χ0v) is 24.0. The number of carbonyl (C=O) groups is 5. The lowest BCUT2D eigenvalue weighted by Crippen LogP contribution is -2.57. The second kappa shape index (κ2) is 17.3. The lowest BCUT2D eigenvalue weighted by molar-refractivity contribution is -0.142. The van der Waals surface area contributed by atoms with Crippen LogP contribution in [0.25, 0.3) is 10.9 Å². The van der Waals surface area contributed by atoms with Crippen molar-refractivity contribution in [1.82, 2.24) is 20.9 Å². The van der Waals surface area contributed by atoms with Crippen molar-refractivity contribution in [2.45, 2.75) is 69.1 Å². The average molecular weight is 592 g/mol. The van der Waals surface area contributed by atoms with E-state index in [1.165, 1.54) is 11.8 Å². The highest BCUT2D eigenvalue weighted by Gasteiger charge is 2.31. The van der Waals surface area contributed by atoms with Gasteiger partial charge in [0, 0.05) is 29.9 Å². The van der Waals surface area contributed by atoms with E-state index < -0.39 is 53.8 Å². The lowest BCUT2D eigenvalue weighted by Gasteiger charge is -2.25. The molecule has 41 heavy (non-hydrogen) atoms. The quantitative estimate of drug-likeness (QED) is 0.100.